The summed E-state index contributed by atoms with van der Waals surface area (Å²) in [6.45, 7) is 4.06. The van der Waals surface area contributed by atoms with Gasteiger partial charge in [0.15, 0.2) is 0 Å². The number of rotatable bonds is 6. The maximum Gasteiger partial charge on any atom is 0.270 e. The van der Waals surface area contributed by atoms with Gasteiger partial charge in [-0.3, -0.25) is 14.0 Å². The number of pyridine rings is 1. The van der Waals surface area contributed by atoms with Crippen molar-refractivity contribution in [2.45, 2.75) is 38.6 Å². The first kappa shape index (κ1) is 20.4. The summed E-state index contributed by atoms with van der Waals surface area (Å²) in [5, 5.41) is 3.57. The Morgan fingerprint density at radius 2 is 1.93 bits per heavy atom. The minimum atomic E-state index is -0.160. The number of fused-ring (bicyclic) bond motifs is 1. The highest BCUT2D eigenvalue weighted by atomic mass is 35.5. The van der Waals surface area contributed by atoms with E-state index in [0.29, 0.717) is 35.2 Å². The summed E-state index contributed by atoms with van der Waals surface area (Å²) in [6.07, 6.45) is 5.31. The molecule has 30 heavy (non-hydrogen) atoms. The van der Waals surface area contributed by atoms with E-state index in [1.54, 1.807) is 16.7 Å². The molecule has 0 atom stereocenters. The highest BCUT2D eigenvalue weighted by Gasteiger charge is 2.20. The van der Waals surface area contributed by atoms with E-state index in [1.165, 1.54) is 5.56 Å². The zero-order chi connectivity index (χ0) is 21.1. The van der Waals surface area contributed by atoms with Crippen LogP contribution in [0.2, 0.25) is 5.02 Å². The molecule has 4 rings (SSSR count). The fourth-order valence-corrected chi connectivity index (χ4v) is 4.23. The van der Waals surface area contributed by atoms with Gasteiger partial charge in [-0.05, 0) is 48.4 Å². The molecule has 1 aliphatic heterocycles. The molecule has 0 saturated carbocycles. The van der Waals surface area contributed by atoms with Crippen LogP contribution in [-0.4, -0.2) is 39.7 Å². The first-order valence-electron chi connectivity index (χ1n) is 10.3. The third kappa shape index (κ3) is 4.19. The Bertz CT molecular complexity index is 1050. The molecule has 1 N–H and O–H groups in total. The van der Waals surface area contributed by atoms with Crippen LogP contribution in [0.3, 0.4) is 0 Å². The number of nitrogens with zero attached hydrogens (tertiary/aromatic N) is 3. The minimum Gasteiger partial charge on any atom is -0.347 e. The summed E-state index contributed by atoms with van der Waals surface area (Å²) < 4.78 is 1.76. The number of nitrogens with one attached hydrogen (secondary N) is 1. The fourth-order valence-electron chi connectivity index (χ4n) is 4.07. The van der Waals surface area contributed by atoms with Gasteiger partial charge in [0.2, 0.25) is 6.41 Å². The summed E-state index contributed by atoms with van der Waals surface area (Å²) in [5.74, 6) is 0.326. The van der Waals surface area contributed by atoms with Gasteiger partial charge in [-0.2, -0.15) is 0 Å². The van der Waals surface area contributed by atoms with Crippen molar-refractivity contribution in [2.75, 3.05) is 13.1 Å². The van der Waals surface area contributed by atoms with Crippen molar-refractivity contribution in [3.63, 3.8) is 0 Å². The molecule has 0 radical (unpaired) electrons. The number of aromatic nitrogens is 2. The van der Waals surface area contributed by atoms with Gasteiger partial charge in [0, 0.05) is 25.8 Å². The van der Waals surface area contributed by atoms with Crippen molar-refractivity contribution in [1.29, 1.82) is 0 Å². The SMILES string of the molecule is CCc1nc2ccc(Cl)cn2c1C(=O)NCc1ccc(C2CCN(C=O)CC2)cc1. The fraction of sp³-hybridized carbons (Fsp3) is 0.348. The zero-order valence-corrected chi connectivity index (χ0v) is 17.7. The van der Waals surface area contributed by atoms with Gasteiger partial charge in [0.05, 0.1) is 10.7 Å². The maximum absolute atomic E-state index is 12.9. The zero-order valence-electron chi connectivity index (χ0n) is 17.0. The predicted molar refractivity (Wildman–Crippen MR) is 117 cm³/mol. The average molecular weight is 425 g/mol. The van der Waals surface area contributed by atoms with Gasteiger partial charge in [0.25, 0.3) is 5.91 Å². The van der Waals surface area contributed by atoms with E-state index >= 15 is 0 Å². The van der Waals surface area contributed by atoms with E-state index in [9.17, 15) is 9.59 Å². The van der Waals surface area contributed by atoms with Crippen LogP contribution >= 0.6 is 11.6 Å². The Balaban J connectivity index is 1.43. The van der Waals surface area contributed by atoms with Crippen LogP contribution in [0.4, 0.5) is 0 Å². The summed E-state index contributed by atoms with van der Waals surface area (Å²) in [5.41, 5.74) is 4.34. The van der Waals surface area contributed by atoms with E-state index in [0.717, 1.165) is 43.6 Å². The van der Waals surface area contributed by atoms with Gasteiger partial charge in [-0.1, -0.05) is 42.8 Å². The maximum atomic E-state index is 12.9. The van der Waals surface area contributed by atoms with E-state index < -0.39 is 0 Å². The molecule has 0 aliphatic carbocycles. The van der Waals surface area contributed by atoms with Crippen molar-refractivity contribution in [3.05, 3.63) is 70.1 Å². The first-order valence-corrected chi connectivity index (χ1v) is 10.7. The van der Waals surface area contributed by atoms with E-state index in [-0.39, 0.29) is 5.91 Å². The van der Waals surface area contributed by atoms with Gasteiger partial charge in [0.1, 0.15) is 11.3 Å². The van der Waals surface area contributed by atoms with Crippen molar-refractivity contribution in [1.82, 2.24) is 19.6 Å². The van der Waals surface area contributed by atoms with Crippen LogP contribution in [-0.2, 0) is 17.8 Å². The molecule has 1 aliphatic rings. The second-order valence-corrected chi connectivity index (χ2v) is 8.11. The molecule has 2 amide bonds. The molecule has 0 spiro atoms. The Kier molecular flexibility index (Phi) is 6.04. The van der Waals surface area contributed by atoms with Crippen LogP contribution < -0.4 is 5.32 Å². The molecule has 156 valence electrons. The summed E-state index contributed by atoms with van der Waals surface area (Å²) >= 11 is 6.12. The van der Waals surface area contributed by atoms with Crippen LogP contribution in [0.25, 0.3) is 5.65 Å². The Labute approximate surface area is 180 Å². The summed E-state index contributed by atoms with van der Waals surface area (Å²) in [7, 11) is 0. The Hall–Kier alpha value is -2.86. The molecule has 2 aromatic heterocycles. The molecule has 1 saturated heterocycles. The van der Waals surface area contributed by atoms with Crippen LogP contribution in [0.5, 0.6) is 0 Å². The number of likely N-dealkylation sites (tertiary alicyclic amines) is 1. The molecule has 1 aromatic carbocycles. The standard InChI is InChI=1S/C23H25ClN4O2/c1-2-20-22(28-14-19(24)7-8-21(28)26-20)23(30)25-13-16-3-5-17(6-4-16)18-9-11-27(15-29)12-10-18/h3-8,14-15,18H,2,9-13H2,1H3,(H,25,30). The number of imidazole rings is 1. The molecule has 3 aromatic rings. The van der Waals surface area contributed by atoms with E-state index in [1.807, 2.05) is 17.9 Å². The third-order valence-electron chi connectivity index (χ3n) is 5.79. The van der Waals surface area contributed by atoms with Crippen LogP contribution in [0, 0.1) is 0 Å². The van der Waals surface area contributed by atoms with Gasteiger partial charge in [-0.25, -0.2) is 4.98 Å². The highest BCUT2D eigenvalue weighted by Crippen LogP contribution is 2.27. The summed E-state index contributed by atoms with van der Waals surface area (Å²) in [4.78, 5) is 30.2. The highest BCUT2D eigenvalue weighted by molar-refractivity contribution is 6.30. The number of hydrogen-bond donors (Lipinski definition) is 1. The molecular weight excluding hydrogens is 400 g/mol. The second kappa shape index (κ2) is 8.88. The molecule has 0 bridgehead atoms. The van der Waals surface area contributed by atoms with E-state index in [2.05, 4.69) is 34.6 Å². The number of halogens is 1. The first-order chi connectivity index (χ1) is 14.6. The lowest BCUT2D eigenvalue weighted by molar-refractivity contribution is -0.119. The number of hydrogen-bond acceptors (Lipinski definition) is 3. The smallest absolute Gasteiger partial charge is 0.270 e. The van der Waals surface area contributed by atoms with Gasteiger partial charge < -0.3 is 10.2 Å². The largest absolute Gasteiger partial charge is 0.347 e. The number of carbonyl (C=O) groups excluding carboxylic acids is 2. The quantitative estimate of drug-likeness (QED) is 0.612. The molecule has 1 fully saturated rings. The number of benzene rings is 1. The van der Waals surface area contributed by atoms with Crippen molar-refractivity contribution in [2.24, 2.45) is 0 Å². The number of piperidine rings is 1. The molecule has 3 heterocycles. The van der Waals surface area contributed by atoms with Crippen molar-refractivity contribution >= 4 is 29.6 Å². The number of aryl methyl sites for hydroxylation is 1. The number of amides is 2. The lowest BCUT2D eigenvalue weighted by Gasteiger charge is -2.29. The van der Waals surface area contributed by atoms with Crippen LogP contribution in [0.1, 0.15) is 53.0 Å². The lowest BCUT2D eigenvalue weighted by Crippen LogP contribution is -2.31. The molecule has 6 nitrogen and oxygen atoms in total. The molecular formula is C23H25ClN4O2. The van der Waals surface area contributed by atoms with Gasteiger partial charge in [-0.15, -0.1) is 0 Å². The Morgan fingerprint density at radius 3 is 2.60 bits per heavy atom. The van der Waals surface area contributed by atoms with Gasteiger partial charge >= 0.3 is 0 Å². The molecule has 7 heteroatoms. The topological polar surface area (TPSA) is 66.7 Å². The third-order valence-corrected chi connectivity index (χ3v) is 6.01. The predicted octanol–water partition coefficient (Wildman–Crippen LogP) is 3.82. The molecule has 0 unspecified atom stereocenters. The van der Waals surface area contributed by atoms with Crippen molar-refractivity contribution in [3.8, 4) is 0 Å². The minimum absolute atomic E-state index is 0.160. The average Bonchev–Trinajstić information content (AvgIpc) is 3.15. The Morgan fingerprint density at radius 1 is 1.20 bits per heavy atom. The summed E-state index contributed by atoms with van der Waals surface area (Å²) in [6, 6.07) is 12.0. The monoisotopic (exact) mass is 424 g/mol. The lowest BCUT2D eigenvalue weighted by atomic mass is 9.89. The van der Waals surface area contributed by atoms with Crippen LogP contribution in [0.15, 0.2) is 42.6 Å². The normalized spacial score (nSPS) is 14.8. The van der Waals surface area contributed by atoms with E-state index in [4.69, 9.17) is 11.6 Å². The second-order valence-electron chi connectivity index (χ2n) is 7.68. The number of carbonyl (C=O) groups is 2. The van der Waals surface area contributed by atoms with Crippen molar-refractivity contribution < 1.29 is 9.59 Å².